The van der Waals surface area contributed by atoms with Gasteiger partial charge in [0.15, 0.2) is 0 Å². The Morgan fingerprint density at radius 2 is 1.93 bits per heavy atom. The standard InChI is InChI=1S/C22H27N3O3S/c1-14-6-5-7-15(2)17(14)12-28-19-11-16(22(29)23-8-9-26)10-18-21(19)24-20(13-27-4)25(18)3/h5-7,10-11,26H,8-9,12-13H2,1-4H3,(H,23,29). The summed E-state index contributed by atoms with van der Waals surface area (Å²) in [5.41, 5.74) is 6.07. The summed E-state index contributed by atoms with van der Waals surface area (Å²) in [5, 5.41) is 12.1. The van der Waals surface area contributed by atoms with E-state index in [4.69, 9.17) is 31.8 Å². The van der Waals surface area contributed by atoms with Crippen molar-refractivity contribution in [3.05, 3.63) is 58.4 Å². The number of rotatable bonds is 8. The summed E-state index contributed by atoms with van der Waals surface area (Å²) in [6.07, 6.45) is 0. The summed E-state index contributed by atoms with van der Waals surface area (Å²) in [4.78, 5) is 5.29. The molecule has 0 saturated carbocycles. The lowest BCUT2D eigenvalue weighted by atomic mass is 10.0. The number of hydrogen-bond donors (Lipinski definition) is 2. The highest BCUT2D eigenvalue weighted by Gasteiger charge is 2.16. The van der Waals surface area contributed by atoms with Gasteiger partial charge in [-0.05, 0) is 42.7 Å². The average molecular weight is 414 g/mol. The molecule has 2 N–H and O–H groups in total. The Balaban J connectivity index is 2.02. The normalized spacial score (nSPS) is 11.1. The monoisotopic (exact) mass is 413 g/mol. The first-order chi connectivity index (χ1) is 14.0. The van der Waals surface area contributed by atoms with E-state index in [1.807, 2.05) is 29.8 Å². The van der Waals surface area contributed by atoms with Gasteiger partial charge in [0.2, 0.25) is 0 Å². The largest absolute Gasteiger partial charge is 0.487 e. The lowest BCUT2D eigenvalue weighted by Gasteiger charge is -2.14. The molecule has 29 heavy (non-hydrogen) atoms. The first-order valence-corrected chi connectivity index (χ1v) is 9.92. The predicted octanol–water partition coefficient (Wildman–Crippen LogP) is 3.17. The molecule has 0 saturated heterocycles. The van der Waals surface area contributed by atoms with Gasteiger partial charge in [-0.2, -0.15) is 0 Å². The molecule has 0 aliphatic carbocycles. The highest BCUT2D eigenvalue weighted by Crippen LogP contribution is 2.29. The van der Waals surface area contributed by atoms with E-state index in [1.54, 1.807) is 7.11 Å². The van der Waals surface area contributed by atoms with Crippen LogP contribution in [0.4, 0.5) is 0 Å². The molecule has 0 bridgehead atoms. The molecule has 0 spiro atoms. The topological polar surface area (TPSA) is 68.5 Å². The maximum absolute atomic E-state index is 9.08. The van der Waals surface area contributed by atoms with Gasteiger partial charge in [0.25, 0.3) is 0 Å². The maximum Gasteiger partial charge on any atom is 0.148 e. The van der Waals surface area contributed by atoms with Gasteiger partial charge in [0.1, 0.15) is 35.3 Å². The first-order valence-electron chi connectivity index (χ1n) is 9.51. The summed E-state index contributed by atoms with van der Waals surface area (Å²) in [6.45, 7) is 5.44. The molecule has 3 aromatic rings. The number of aliphatic hydroxyl groups excluding tert-OH is 1. The van der Waals surface area contributed by atoms with Crippen LogP contribution in [0.5, 0.6) is 5.75 Å². The summed E-state index contributed by atoms with van der Waals surface area (Å²) in [7, 11) is 3.60. The third kappa shape index (κ3) is 4.58. The van der Waals surface area contributed by atoms with Crippen LogP contribution in [0.1, 0.15) is 28.1 Å². The average Bonchev–Trinajstić information content (AvgIpc) is 3.02. The van der Waals surface area contributed by atoms with Crippen molar-refractivity contribution in [2.45, 2.75) is 27.1 Å². The molecule has 0 unspecified atom stereocenters. The lowest BCUT2D eigenvalue weighted by molar-refractivity contribution is 0.175. The van der Waals surface area contributed by atoms with Gasteiger partial charge in [-0.15, -0.1) is 0 Å². The van der Waals surface area contributed by atoms with Crippen LogP contribution >= 0.6 is 12.2 Å². The van der Waals surface area contributed by atoms with Crippen LogP contribution in [0.15, 0.2) is 30.3 Å². The van der Waals surface area contributed by atoms with Crippen LogP contribution in [0.25, 0.3) is 11.0 Å². The van der Waals surface area contributed by atoms with Crippen LogP contribution in [0.3, 0.4) is 0 Å². The van der Waals surface area contributed by atoms with Crippen molar-refractivity contribution < 1.29 is 14.6 Å². The second-order valence-electron chi connectivity index (χ2n) is 7.00. The first kappa shape index (κ1) is 21.2. The van der Waals surface area contributed by atoms with Gasteiger partial charge in [-0.1, -0.05) is 30.4 Å². The van der Waals surface area contributed by atoms with E-state index in [0.29, 0.717) is 30.5 Å². The molecule has 0 fully saturated rings. The van der Waals surface area contributed by atoms with Gasteiger partial charge < -0.3 is 24.5 Å². The van der Waals surface area contributed by atoms with Crippen LogP contribution in [0.2, 0.25) is 0 Å². The van der Waals surface area contributed by atoms with Gasteiger partial charge >= 0.3 is 0 Å². The number of aromatic nitrogens is 2. The van der Waals surface area contributed by atoms with Gasteiger partial charge in [-0.25, -0.2) is 4.98 Å². The van der Waals surface area contributed by atoms with E-state index >= 15 is 0 Å². The second-order valence-corrected chi connectivity index (χ2v) is 7.41. The lowest BCUT2D eigenvalue weighted by Crippen LogP contribution is -2.25. The van der Waals surface area contributed by atoms with Crippen LogP contribution in [-0.4, -0.2) is 39.9 Å². The summed E-state index contributed by atoms with van der Waals surface area (Å²) in [6, 6.07) is 10.1. The number of hydrogen-bond acceptors (Lipinski definition) is 5. The molecule has 0 atom stereocenters. The minimum absolute atomic E-state index is 0.0159. The Hall–Kier alpha value is -2.48. The Morgan fingerprint density at radius 3 is 2.59 bits per heavy atom. The van der Waals surface area contributed by atoms with Crippen molar-refractivity contribution in [2.24, 2.45) is 7.05 Å². The van der Waals surface area contributed by atoms with E-state index in [1.165, 1.54) is 16.7 Å². The molecule has 1 heterocycles. The van der Waals surface area contributed by atoms with E-state index in [-0.39, 0.29) is 6.61 Å². The highest BCUT2D eigenvalue weighted by molar-refractivity contribution is 7.80. The molecule has 0 aliphatic heterocycles. The molecule has 1 aromatic heterocycles. The fourth-order valence-corrected chi connectivity index (χ4v) is 3.52. The maximum atomic E-state index is 9.08. The fraction of sp³-hybridized carbons (Fsp3) is 0.364. The zero-order valence-electron chi connectivity index (χ0n) is 17.3. The minimum Gasteiger partial charge on any atom is -0.487 e. The number of fused-ring (bicyclic) bond motifs is 1. The number of methoxy groups -OCH3 is 1. The molecule has 7 heteroatoms. The van der Waals surface area contributed by atoms with Crippen LogP contribution in [-0.2, 0) is 25.0 Å². The summed E-state index contributed by atoms with van der Waals surface area (Å²) in [5.74, 6) is 1.48. The quantitative estimate of drug-likeness (QED) is 0.553. The van der Waals surface area contributed by atoms with Crippen molar-refractivity contribution in [2.75, 3.05) is 20.3 Å². The molecule has 0 aliphatic rings. The van der Waals surface area contributed by atoms with Crippen molar-refractivity contribution in [1.82, 2.24) is 14.9 Å². The molecule has 6 nitrogen and oxygen atoms in total. The number of aliphatic hydroxyl groups is 1. The summed E-state index contributed by atoms with van der Waals surface area (Å²) >= 11 is 5.50. The van der Waals surface area contributed by atoms with Crippen molar-refractivity contribution in [3.63, 3.8) is 0 Å². The Morgan fingerprint density at radius 1 is 1.21 bits per heavy atom. The van der Waals surface area contributed by atoms with Crippen molar-refractivity contribution in [1.29, 1.82) is 0 Å². The summed E-state index contributed by atoms with van der Waals surface area (Å²) < 4.78 is 13.5. The molecule has 2 aromatic carbocycles. The minimum atomic E-state index is 0.0159. The van der Waals surface area contributed by atoms with E-state index in [0.717, 1.165) is 22.4 Å². The molecular weight excluding hydrogens is 386 g/mol. The highest BCUT2D eigenvalue weighted by atomic mass is 32.1. The SMILES string of the molecule is COCc1nc2c(OCc3c(C)cccc3C)cc(C(=S)NCCO)cc2n1C. The van der Waals surface area contributed by atoms with E-state index in [2.05, 4.69) is 31.3 Å². The van der Waals surface area contributed by atoms with Gasteiger partial charge in [0, 0.05) is 26.3 Å². The smallest absolute Gasteiger partial charge is 0.148 e. The molecule has 154 valence electrons. The molecule has 0 amide bonds. The Bertz CT molecular complexity index is 1010. The van der Waals surface area contributed by atoms with Crippen molar-refractivity contribution in [3.8, 4) is 5.75 Å². The van der Waals surface area contributed by atoms with Gasteiger partial charge in [-0.3, -0.25) is 0 Å². The van der Waals surface area contributed by atoms with Crippen LogP contribution < -0.4 is 10.1 Å². The van der Waals surface area contributed by atoms with Gasteiger partial charge in [0.05, 0.1) is 12.1 Å². The number of thiocarbonyl (C=S) groups is 1. The predicted molar refractivity (Wildman–Crippen MR) is 118 cm³/mol. The third-order valence-corrected chi connectivity index (χ3v) is 5.37. The third-order valence-electron chi connectivity index (χ3n) is 4.99. The number of nitrogens with zero attached hydrogens (tertiary/aromatic N) is 2. The van der Waals surface area contributed by atoms with Crippen molar-refractivity contribution >= 4 is 28.2 Å². The molecular formula is C22H27N3O3S. The van der Waals surface area contributed by atoms with E-state index < -0.39 is 0 Å². The fourth-order valence-electron chi connectivity index (χ4n) is 3.30. The Kier molecular flexibility index (Phi) is 6.84. The Labute approximate surface area is 176 Å². The molecule has 0 radical (unpaired) electrons. The number of aryl methyl sites for hydroxylation is 3. The number of nitrogens with one attached hydrogen (secondary N) is 1. The zero-order chi connectivity index (χ0) is 21.0. The van der Waals surface area contributed by atoms with Crippen LogP contribution in [0, 0.1) is 13.8 Å². The number of ether oxygens (including phenoxy) is 2. The number of benzene rings is 2. The van der Waals surface area contributed by atoms with E-state index in [9.17, 15) is 0 Å². The second kappa shape index (κ2) is 9.35. The number of imidazole rings is 1. The molecule has 3 rings (SSSR count). The zero-order valence-corrected chi connectivity index (χ0v) is 18.1.